The van der Waals surface area contributed by atoms with E-state index in [4.69, 9.17) is 10.5 Å². The van der Waals surface area contributed by atoms with Crippen LogP contribution in [0.5, 0.6) is 11.5 Å². The van der Waals surface area contributed by atoms with E-state index in [-0.39, 0.29) is 11.5 Å². The van der Waals surface area contributed by atoms with Gasteiger partial charge in [0.2, 0.25) is 0 Å². The molecular weight excluding hydrogens is 292 g/mol. The van der Waals surface area contributed by atoms with E-state index < -0.39 is 5.91 Å². The van der Waals surface area contributed by atoms with Crippen molar-refractivity contribution >= 4 is 22.5 Å². The summed E-state index contributed by atoms with van der Waals surface area (Å²) in [4.78, 5) is 26.8. The van der Waals surface area contributed by atoms with Gasteiger partial charge in [0, 0.05) is 23.2 Å². The van der Waals surface area contributed by atoms with Crippen LogP contribution in [-0.2, 0) is 0 Å². The molecule has 2 aromatic carbocycles. The second-order valence-corrected chi connectivity index (χ2v) is 5.06. The van der Waals surface area contributed by atoms with Crippen molar-refractivity contribution in [1.29, 1.82) is 0 Å². The molecule has 0 spiro atoms. The standard InChI is InChI=1S/C18H14N2O3/c1-11(21)13-4-2-6-15-14(13)5-3-7-17(15)23-12-8-9-20-16(10-12)18(19)22/h2-10H,1H3,(H2,19,22). The smallest absolute Gasteiger partial charge is 0.267 e. The van der Waals surface area contributed by atoms with Gasteiger partial charge in [0.1, 0.15) is 17.2 Å². The number of benzene rings is 2. The molecular formula is C18H14N2O3. The van der Waals surface area contributed by atoms with Crippen molar-refractivity contribution in [3.63, 3.8) is 0 Å². The van der Waals surface area contributed by atoms with Crippen LogP contribution < -0.4 is 10.5 Å². The number of ketones is 1. The van der Waals surface area contributed by atoms with E-state index in [0.29, 0.717) is 17.1 Å². The predicted octanol–water partition coefficient (Wildman–Crippen LogP) is 3.33. The van der Waals surface area contributed by atoms with E-state index in [9.17, 15) is 9.59 Å². The fourth-order valence-electron chi connectivity index (χ4n) is 2.41. The second kappa shape index (κ2) is 5.88. The number of carbonyl (C=O) groups excluding carboxylic acids is 2. The van der Waals surface area contributed by atoms with Gasteiger partial charge in [0.05, 0.1) is 0 Å². The quantitative estimate of drug-likeness (QED) is 0.749. The molecule has 0 radical (unpaired) electrons. The van der Waals surface area contributed by atoms with Crippen LogP contribution in [0.3, 0.4) is 0 Å². The van der Waals surface area contributed by atoms with Gasteiger partial charge in [-0.05, 0) is 24.4 Å². The number of fused-ring (bicyclic) bond motifs is 1. The number of pyridine rings is 1. The second-order valence-electron chi connectivity index (χ2n) is 5.06. The lowest BCUT2D eigenvalue weighted by Crippen LogP contribution is -2.12. The predicted molar refractivity (Wildman–Crippen MR) is 86.8 cm³/mol. The highest BCUT2D eigenvalue weighted by Crippen LogP contribution is 2.31. The van der Waals surface area contributed by atoms with Crippen LogP contribution in [0, 0.1) is 0 Å². The van der Waals surface area contributed by atoms with E-state index in [1.165, 1.54) is 19.2 Å². The number of carbonyl (C=O) groups is 2. The number of ether oxygens (including phenoxy) is 1. The normalized spacial score (nSPS) is 10.5. The van der Waals surface area contributed by atoms with Crippen LogP contribution in [-0.4, -0.2) is 16.7 Å². The Bertz CT molecular complexity index is 919. The summed E-state index contributed by atoms with van der Waals surface area (Å²) in [7, 11) is 0. The molecule has 23 heavy (non-hydrogen) atoms. The molecule has 0 unspecified atom stereocenters. The lowest BCUT2D eigenvalue weighted by atomic mass is 10.0. The zero-order valence-electron chi connectivity index (χ0n) is 12.4. The highest BCUT2D eigenvalue weighted by Gasteiger charge is 2.10. The molecule has 1 amide bonds. The number of nitrogens with two attached hydrogens (primary N) is 1. The summed E-state index contributed by atoms with van der Waals surface area (Å²) < 4.78 is 5.86. The molecule has 1 heterocycles. The van der Waals surface area contributed by atoms with Crippen molar-refractivity contribution in [2.24, 2.45) is 5.73 Å². The first-order chi connectivity index (χ1) is 11.1. The fraction of sp³-hybridized carbons (Fsp3) is 0.0556. The molecule has 114 valence electrons. The van der Waals surface area contributed by atoms with Crippen molar-refractivity contribution in [3.8, 4) is 11.5 Å². The van der Waals surface area contributed by atoms with Crippen molar-refractivity contribution < 1.29 is 14.3 Å². The van der Waals surface area contributed by atoms with Crippen LogP contribution >= 0.6 is 0 Å². The summed E-state index contributed by atoms with van der Waals surface area (Å²) in [5, 5.41) is 1.64. The third-order valence-electron chi connectivity index (χ3n) is 3.47. The Morgan fingerprint density at radius 3 is 2.52 bits per heavy atom. The van der Waals surface area contributed by atoms with Crippen molar-refractivity contribution in [1.82, 2.24) is 4.98 Å². The molecule has 0 fully saturated rings. The fourth-order valence-corrected chi connectivity index (χ4v) is 2.41. The van der Waals surface area contributed by atoms with Gasteiger partial charge < -0.3 is 10.5 Å². The van der Waals surface area contributed by atoms with Crippen LogP contribution in [0.25, 0.3) is 10.8 Å². The number of hydrogen-bond donors (Lipinski definition) is 1. The highest BCUT2D eigenvalue weighted by atomic mass is 16.5. The van der Waals surface area contributed by atoms with E-state index in [0.717, 1.165) is 10.8 Å². The summed E-state index contributed by atoms with van der Waals surface area (Å²) in [6, 6.07) is 14.1. The van der Waals surface area contributed by atoms with Gasteiger partial charge in [0.15, 0.2) is 5.78 Å². The van der Waals surface area contributed by atoms with Crippen LogP contribution in [0.4, 0.5) is 0 Å². The first kappa shape index (κ1) is 14.7. The molecule has 0 aliphatic heterocycles. The molecule has 5 nitrogen and oxygen atoms in total. The van der Waals surface area contributed by atoms with Crippen molar-refractivity contribution in [2.45, 2.75) is 6.92 Å². The van der Waals surface area contributed by atoms with Gasteiger partial charge in [-0.1, -0.05) is 30.3 Å². The van der Waals surface area contributed by atoms with Gasteiger partial charge in [0.25, 0.3) is 5.91 Å². The van der Waals surface area contributed by atoms with Crippen LogP contribution in [0.15, 0.2) is 54.7 Å². The zero-order chi connectivity index (χ0) is 16.4. The van der Waals surface area contributed by atoms with Crippen molar-refractivity contribution in [2.75, 3.05) is 0 Å². The Hall–Kier alpha value is -3.21. The van der Waals surface area contributed by atoms with Crippen LogP contribution in [0.1, 0.15) is 27.8 Å². The Labute approximate surface area is 132 Å². The largest absolute Gasteiger partial charge is 0.457 e. The lowest BCUT2D eigenvalue weighted by Gasteiger charge is -2.11. The minimum absolute atomic E-state index is 0.00678. The van der Waals surface area contributed by atoms with E-state index in [1.807, 2.05) is 24.3 Å². The van der Waals surface area contributed by atoms with Gasteiger partial charge in [-0.2, -0.15) is 0 Å². The highest BCUT2D eigenvalue weighted by molar-refractivity contribution is 6.08. The molecule has 5 heteroatoms. The first-order valence-electron chi connectivity index (χ1n) is 7.02. The first-order valence-corrected chi connectivity index (χ1v) is 7.02. The van der Waals surface area contributed by atoms with Gasteiger partial charge in [-0.15, -0.1) is 0 Å². The van der Waals surface area contributed by atoms with Gasteiger partial charge in [-0.25, -0.2) is 0 Å². The average molecular weight is 306 g/mol. The number of amides is 1. The average Bonchev–Trinajstić information content (AvgIpc) is 2.54. The maximum atomic E-state index is 11.7. The molecule has 0 bridgehead atoms. The molecule has 0 aliphatic rings. The molecule has 3 rings (SSSR count). The Balaban J connectivity index is 2.07. The van der Waals surface area contributed by atoms with E-state index in [2.05, 4.69) is 4.98 Å². The zero-order valence-corrected chi connectivity index (χ0v) is 12.4. The lowest BCUT2D eigenvalue weighted by molar-refractivity contribution is 0.0992. The Morgan fingerprint density at radius 1 is 1.04 bits per heavy atom. The topological polar surface area (TPSA) is 82.3 Å². The summed E-state index contributed by atoms with van der Waals surface area (Å²) in [5.41, 5.74) is 6.00. The molecule has 2 N–H and O–H groups in total. The monoisotopic (exact) mass is 306 g/mol. The number of rotatable bonds is 4. The van der Waals surface area contributed by atoms with E-state index >= 15 is 0 Å². The molecule has 3 aromatic rings. The van der Waals surface area contributed by atoms with Gasteiger partial charge in [-0.3, -0.25) is 14.6 Å². The van der Waals surface area contributed by atoms with Gasteiger partial charge >= 0.3 is 0 Å². The Morgan fingerprint density at radius 2 is 1.78 bits per heavy atom. The number of primary amides is 1. The molecule has 0 aliphatic carbocycles. The Kier molecular flexibility index (Phi) is 3.76. The van der Waals surface area contributed by atoms with Crippen LogP contribution in [0.2, 0.25) is 0 Å². The summed E-state index contributed by atoms with van der Waals surface area (Å²) in [5.74, 6) is 0.418. The number of nitrogens with zero attached hydrogens (tertiary/aromatic N) is 1. The third kappa shape index (κ3) is 2.89. The molecule has 0 saturated heterocycles. The summed E-state index contributed by atoms with van der Waals surface area (Å²) >= 11 is 0. The molecule has 0 saturated carbocycles. The number of Topliss-reactive ketones (excluding diaryl/α,β-unsaturated/α-hetero) is 1. The van der Waals surface area contributed by atoms with E-state index in [1.54, 1.807) is 18.2 Å². The molecule has 1 aromatic heterocycles. The number of hydrogen-bond acceptors (Lipinski definition) is 4. The maximum absolute atomic E-state index is 11.7. The minimum Gasteiger partial charge on any atom is -0.457 e. The molecule has 0 atom stereocenters. The van der Waals surface area contributed by atoms with Crippen molar-refractivity contribution in [3.05, 3.63) is 66.0 Å². The number of aromatic nitrogens is 1. The summed E-state index contributed by atoms with van der Waals surface area (Å²) in [6.07, 6.45) is 1.46. The third-order valence-corrected chi connectivity index (χ3v) is 3.47. The summed E-state index contributed by atoms with van der Waals surface area (Å²) in [6.45, 7) is 1.53. The maximum Gasteiger partial charge on any atom is 0.267 e. The SMILES string of the molecule is CC(=O)c1cccc2c(Oc3ccnc(C(N)=O)c3)cccc12. The minimum atomic E-state index is -0.618.